The van der Waals surface area contributed by atoms with Gasteiger partial charge >= 0.3 is 11.9 Å². The van der Waals surface area contributed by atoms with Gasteiger partial charge in [0.15, 0.2) is 0 Å². The van der Waals surface area contributed by atoms with Gasteiger partial charge in [-0.1, -0.05) is 12.1 Å². The fourth-order valence-corrected chi connectivity index (χ4v) is 2.57. The molecule has 1 saturated heterocycles. The van der Waals surface area contributed by atoms with E-state index in [1.807, 2.05) is 12.1 Å². The molecule has 1 aliphatic rings. The molecule has 1 aromatic carbocycles. The number of hydrogen-bond acceptors (Lipinski definition) is 5. The van der Waals surface area contributed by atoms with E-state index in [1.165, 1.54) is 14.2 Å². The summed E-state index contributed by atoms with van der Waals surface area (Å²) in [5, 5.41) is 0. The summed E-state index contributed by atoms with van der Waals surface area (Å²) >= 11 is 0. The number of benzene rings is 1. The predicted octanol–water partition coefficient (Wildman–Crippen LogP) is 1.61. The van der Waals surface area contributed by atoms with Crippen LogP contribution in [0.1, 0.15) is 28.8 Å². The highest BCUT2D eigenvalue weighted by Crippen LogP contribution is 2.21. The largest absolute Gasteiger partial charge is 0.468 e. The molecule has 0 aromatic heterocycles. The highest BCUT2D eigenvalue weighted by atomic mass is 16.5. The maximum atomic E-state index is 11.7. The van der Waals surface area contributed by atoms with E-state index >= 15 is 0 Å². The lowest BCUT2D eigenvalue weighted by molar-refractivity contribution is -0.146. The Hall–Kier alpha value is -1.88. The van der Waals surface area contributed by atoms with Crippen LogP contribution >= 0.6 is 0 Å². The Morgan fingerprint density at radius 2 is 2.10 bits per heavy atom. The number of methoxy groups -OCH3 is 2. The molecule has 1 aliphatic heterocycles. The Bertz CT molecular complexity index is 500. The van der Waals surface area contributed by atoms with Crippen molar-refractivity contribution in [2.24, 2.45) is 0 Å². The molecule has 1 atom stereocenters. The van der Waals surface area contributed by atoms with Gasteiger partial charge in [0.2, 0.25) is 0 Å². The molecule has 0 saturated carbocycles. The zero-order valence-corrected chi connectivity index (χ0v) is 11.8. The van der Waals surface area contributed by atoms with Crippen LogP contribution in [-0.2, 0) is 20.8 Å². The van der Waals surface area contributed by atoms with Gasteiger partial charge in [-0.05, 0) is 37.1 Å². The van der Waals surface area contributed by atoms with Crippen LogP contribution in [0.4, 0.5) is 0 Å². The van der Waals surface area contributed by atoms with E-state index in [2.05, 4.69) is 4.90 Å². The maximum absolute atomic E-state index is 11.7. The average molecular weight is 277 g/mol. The smallest absolute Gasteiger partial charge is 0.337 e. The van der Waals surface area contributed by atoms with E-state index in [-0.39, 0.29) is 18.0 Å². The molecule has 0 bridgehead atoms. The molecular formula is C15H19NO4. The van der Waals surface area contributed by atoms with Crippen molar-refractivity contribution >= 4 is 11.9 Å². The van der Waals surface area contributed by atoms with Gasteiger partial charge in [0.05, 0.1) is 19.8 Å². The summed E-state index contributed by atoms with van der Waals surface area (Å²) in [6.45, 7) is 1.49. The number of esters is 2. The van der Waals surface area contributed by atoms with Crippen LogP contribution in [0.15, 0.2) is 24.3 Å². The van der Waals surface area contributed by atoms with Gasteiger partial charge in [0.25, 0.3) is 0 Å². The van der Waals surface area contributed by atoms with Gasteiger partial charge in [0.1, 0.15) is 6.04 Å². The normalized spacial score (nSPS) is 18.8. The van der Waals surface area contributed by atoms with Crippen molar-refractivity contribution in [3.63, 3.8) is 0 Å². The van der Waals surface area contributed by atoms with Crippen molar-refractivity contribution in [2.75, 3.05) is 20.8 Å². The Morgan fingerprint density at radius 3 is 2.80 bits per heavy atom. The average Bonchev–Trinajstić information content (AvgIpc) is 2.94. The molecule has 1 heterocycles. The number of ether oxygens (including phenoxy) is 2. The molecular weight excluding hydrogens is 258 g/mol. The van der Waals surface area contributed by atoms with Crippen LogP contribution in [-0.4, -0.2) is 43.6 Å². The number of hydrogen-bond donors (Lipinski definition) is 0. The first-order valence-electron chi connectivity index (χ1n) is 6.65. The highest BCUT2D eigenvalue weighted by molar-refractivity contribution is 5.89. The zero-order chi connectivity index (χ0) is 14.5. The molecule has 0 N–H and O–H groups in total. The molecule has 2 rings (SSSR count). The fraction of sp³-hybridized carbons (Fsp3) is 0.467. The van der Waals surface area contributed by atoms with Crippen LogP contribution in [0.2, 0.25) is 0 Å². The van der Waals surface area contributed by atoms with Crippen LogP contribution in [0, 0.1) is 0 Å². The molecule has 108 valence electrons. The maximum Gasteiger partial charge on any atom is 0.337 e. The molecule has 0 amide bonds. The summed E-state index contributed by atoms with van der Waals surface area (Å²) in [7, 11) is 2.78. The molecule has 1 aromatic rings. The first-order chi connectivity index (χ1) is 9.65. The van der Waals surface area contributed by atoms with E-state index < -0.39 is 0 Å². The highest BCUT2D eigenvalue weighted by Gasteiger charge is 2.31. The number of rotatable bonds is 4. The fourth-order valence-electron chi connectivity index (χ4n) is 2.57. The summed E-state index contributed by atoms with van der Waals surface area (Å²) in [6, 6.07) is 7.11. The zero-order valence-electron chi connectivity index (χ0n) is 11.8. The van der Waals surface area contributed by atoms with Gasteiger partial charge < -0.3 is 9.47 Å². The number of carbonyl (C=O) groups excluding carboxylic acids is 2. The minimum atomic E-state index is -0.349. The standard InChI is InChI=1S/C15H19NO4/c1-19-14(17)12-6-3-5-11(9-12)10-16-8-4-7-13(16)15(18)20-2/h3,5-6,9,13H,4,7-8,10H2,1-2H3. The van der Waals surface area contributed by atoms with Gasteiger partial charge in [-0.3, -0.25) is 9.69 Å². The van der Waals surface area contributed by atoms with Gasteiger partial charge in [-0.15, -0.1) is 0 Å². The molecule has 5 nitrogen and oxygen atoms in total. The van der Waals surface area contributed by atoms with E-state index in [1.54, 1.807) is 12.1 Å². The molecule has 5 heteroatoms. The van der Waals surface area contributed by atoms with Crippen LogP contribution in [0.25, 0.3) is 0 Å². The lowest BCUT2D eigenvalue weighted by atomic mass is 10.1. The molecule has 20 heavy (non-hydrogen) atoms. The Labute approximate surface area is 118 Å². The van der Waals surface area contributed by atoms with Crippen LogP contribution < -0.4 is 0 Å². The lowest BCUT2D eigenvalue weighted by Crippen LogP contribution is -2.36. The Morgan fingerprint density at radius 1 is 1.30 bits per heavy atom. The van der Waals surface area contributed by atoms with E-state index in [0.29, 0.717) is 12.1 Å². The van der Waals surface area contributed by atoms with Crippen molar-refractivity contribution in [3.05, 3.63) is 35.4 Å². The van der Waals surface area contributed by atoms with Crippen molar-refractivity contribution in [1.29, 1.82) is 0 Å². The van der Waals surface area contributed by atoms with Crippen LogP contribution in [0.5, 0.6) is 0 Å². The third-order valence-corrected chi connectivity index (χ3v) is 3.57. The van der Waals surface area contributed by atoms with Crippen LogP contribution in [0.3, 0.4) is 0 Å². The first kappa shape index (κ1) is 14.5. The molecule has 0 aliphatic carbocycles. The first-order valence-corrected chi connectivity index (χ1v) is 6.65. The number of nitrogens with zero attached hydrogens (tertiary/aromatic N) is 1. The van der Waals surface area contributed by atoms with E-state index in [4.69, 9.17) is 9.47 Å². The molecule has 1 unspecified atom stereocenters. The van der Waals surface area contributed by atoms with Gasteiger partial charge in [-0.2, -0.15) is 0 Å². The van der Waals surface area contributed by atoms with E-state index in [9.17, 15) is 9.59 Å². The minimum Gasteiger partial charge on any atom is -0.468 e. The second-order valence-electron chi connectivity index (χ2n) is 4.84. The third-order valence-electron chi connectivity index (χ3n) is 3.57. The number of carbonyl (C=O) groups is 2. The minimum absolute atomic E-state index is 0.179. The van der Waals surface area contributed by atoms with Gasteiger partial charge in [-0.25, -0.2) is 4.79 Å². The summed E-state index contributed by atoms with van der Waals surface area (Å²) in [6.07, 6.45) is 1.81. The van der Waals surface area contributed by atoms with Crippen molar-refractivity contribution in [2.45, 2.75) is 25.4 Å². The second-order valence-corrected chi connectivity index (χ2v) is 4.84. The number of likely N-dealkylation sites (tertiary alicyclic amines) is 1. The molecule has 0 spiro atoms. The summed E-state index contributed by atoms with van der Waals surface area (Å²) in [5.41, 5.74) is 1.52. The monoisotopic (exact) mass is 277 g/mol. The van der Waals surface area contributed by atoms with Crippen molar-refractivity contribution in [1.82, 2.24) is 4.90 Å². The lowest BCUT2D eigenvalue weighted by Gasteiger charge is -2.22. The Balaban J connectivity index is 2.09. The molecule has 0 radical (unpaired) electrons. The Kier molecular flexibility index (Phi) is 4.74. The third kappa shape index (κ3) is 3.17. The predicted molar refractivity (Wildman–Crippen MR) is 73.2 cm³/mol. The summed E-state index contributed by atoms with van der Waals surface area (Å²) < 4.78 is 9.54. The van der Waals surface area contributed by atoms with Crippen molar-refractivity contribution in [3.8, 4) is 0 Å². The van der Waals surface area contributed by atoms with Gasteiger partial charge in [0, 0.05) is 6.54 Å². The summed E-state index contributed by atoms with van der Waals surface area (Å²) in [4.78, 5) is 25.3. The summed E-state index contributed by atoms with van der Waals surface area (Å²) in [5.74, 6) is -0.538. The van der Waals surface area contributed by atoms with E-state index in [0.717, 1.165) is 24.9 Å². The quantitative estimate of drug-likeness (QED) is 0.783. The second kappa shape index (κ2) is 6.52. The topological polar surface area (TPSA) is 55.8 Å². The molecule has 1 fully saturated rings. The SMILES string of the molecule is COC(=O)c1cccc(CN2CCCC2C(=O)OC)c1. The van der Waals surface area contributed by atoms with Crippen molar-refractivity contribution < 1.29 is 19.1 Å².